The van der Waals surface area contributed by atoms with Gasteiger partial charge in [0.2, 0.25) is 5.95 Å². The van der Waals surface area contributed by atoms with Crippen LogP contribution in [-0.4, -0.2) is 54.8 Å². The first-order valence-corrected chi connectivity index (χ1v) is 11.6. The number of aromatic nitrogens is 4. The van der Waals surface area contributed by atoms with Crippen molar-refractivity contribution >= 4 is 66.0 Å². The Morgan fingerprint density at radius 2 is 2.00 bits per heavy atom. The van der Waals surface area contributed by atoms with Gasteiger partial charge in [-0.25, -0.2) is 19.9 Å². The Morgan fingerprint density at radius 1 is 1.23 bits per heavy atom. The molecule has 0 amide bonds. The maximum absolute atomic E-state index is 10.3. The van der Waals surface area contributed by atoms with Gasteiger partial charge in [-0.15, -0.1) is 0 Å². The Kier molecular flexibility index (Phi) is 5.24. The quantitative estimate of drug-likeness (QED) is 0.361. The molecule has 31 heavy (non-hydrogen) atoms. The van der Waals surface area contributed by atoms with Gasteiger partial charge >= 0.3 is 0 Å². The third-order valence-corrected chi connectivity index (χ3v) is 7.61. The van der Waals surface area contributed by atoms with Crippen LogP contribution in [0.25, 0.3) is 11.0 Å². The summed E-state index contributed by atoms with van der Waals surface area (Å²) in [6.07, 6.45) is 6.29. The summed E-state index contributed by atoms with van der Waals surface area (Å²) in [6, 6.07) is 4.13. The van der Waals surface area contributed by atoms with Crippen LogP contribution in [0.5, 0.6) is 0 Å². The Hall–Kier alpha value is -2.08. The number of halogens is 2. The summed E-state index contributed by atoms with van der Waals surface area (Å²) < 4.78 is 1.54. The highest BCUT2D eigenvalue weighted by Gasteiger charge is 2.50. The van der Waals surface area contributed by atoms with E-state index in [0.717, 1.165) is 33.9 Å². The molecule has 2 aliphatic rings. The molecule has 2 aromatic heterocycles. The number of benzene rings is 1. The van der Waals surface area contributed by atoms with Crippen molar-refractivity contribution in [3.63, 3.8) is 0 Å². The molecule has 162 valence electrons. The van der Waals surface area contributed by atoms with E-state index >= 15 is 0 Å². The largest absolute Gasteiger partial charge is 0.397 e. The van der Waals surface area contributed by atoms with E-state index in [4.69, 9.17) is 10.7 Å². The van der Waals surface area contributed by atoms with Gasteiger partial charge in [-0.3, -0.25) is 4.90 Å². The molecule has 9 nitrogen and oxygen atoms in total. The summed E-state index contributed by atoms with van der Waals surface area (Å²) >= 11 is 6.93. The lowest BCUT2D eigenvalue weighted by Gasteiger charge is -2.44. The highest BCUT2D eigenvalue weighted by Crippen LogP contribution is 2.43. The molecule has 3 unspecified atom stereocenters. The number of fused-ring (bicyclic) bond motifs is 3. The van der Waals surface area contributed by atoms with E-state index in [1.165, 1.54) is 6.33 Å². The lowest BCUT2D eigenvalue weighted by atomic mass is 9.95. The lowest BCUT2D eigenvalue weighted by Crippen LogP contribution is -2.56. The molecule has 4 heterocycles. The van der Waals surface area contributed by atoms with Gasteiger partial charge < -0.3 is 21.5 Å². The number of nitrogen functional groups attached to an aromatic ring is 1. The highest BCUT2D eigenvalue weighted by molar-refractivity contribution is 9.11. The summed E-state index contributed by atoms with van der Waals surface area (Å²) in [5, 5.41) is 17.1. The number of hydrogen-bond acceptors (Lipinski definition) is 9. The monoisotopic (exact) mass is 548 g/mol. The van der Waals surface area contributed by atoms with Crippen molar-refractivity contribution in [2.75, 3.05) is 23.4 Å². The Morgan fingerprint density at radius 3 is 2.77 bits per heavy atom. The number of nitrogens with one attached hydrogen (secondary N) is 2. The highest BCUT2D eigenvalue weighted by atomic mass is 79.9. The Bertz CT molecular complexity index is 1140. The van der Waals surface area contributed by atoms with Crippen molar-refractivity contribution in [2.24, 2.45) is 0 Å². The average molecular weight is 550 g/mol. The fourth-order valence-corrected chi connectivity index (χ4v) is 5.83. The van der Waals surface area contributed by atoms with Crippen molar-refractivity contribution in [1.82, 2.24) is 24.8 Å². The standard InChI is InChI=1S/C20H22Br2N8O/c1-30-11-2-3-20(30,7-12(31)6-11)29-19-24-8-15-17(28-19)18(26-9-25-15)27-10-4-13(21)16(23)14(22)5-10/h4-5,8-9,11-12,31H,2-3,6-7,23H2,1H3,(H,24,28,29)(H,25,26,27). The van der Waals surface area contributed by atoms with Crippen LogP contribution in [0.1, 0.15) is 25.7 Å². The number of aliphatic hydroxyl groups is 1. The molecule has 0 saturated carbocycles. The van der Waals surface area contributed by atoms with Crippen LogP contribution in [-0.2, 0) is 0 Å². The minimum Gasteiger partial charge on any atom is -0.397 e. The van der Waals surface area contributed by atoms with Crippen LogP contribution in [0.15, 0.2) is 33.6 Å². The Labute approximate surface area is 196 Å². The molecule has 11 heteroatoms. The second-order valence-electron chi connectivity index (χ2n) is 8.18. The van der Waals surface area contributed by atoms with Gasteiger partial charge in [-0.05, 0) is 70.3 Å². The maximum atomic E-state index is 10.3. The summed E-state index contributed by atoms with van der Waals surface area (Å²) in [5.41, 5.74) is 8.32. The molecule has 0 aliphatic carbocycles. The number of rotatable bonds is 4. The van der Waals surface area contributed by atoms with E-state index < -0.39 is 0 Å². The van der Waals surface area contributed by atoms with Gasteiger partial charge in [0.25, 0.3) is 0 Å². The van der Waals surface area contributed by atoms with E-state index in [1.807, 2.05) is 12.1 Å². The molecule has 3 aromatic rings. The van der Waals surface area contributed by atoms with E-state index in [-0.39, 0.29) is 11.8 Å². The molecule has 2 bridgehead atoms. The van der Waals surface area contributed by atoms with Crippen molar-refractivity contribution in [3.8, 4) is 0 Å². The molecular weight excluding hydrogens is 528 g/mol. The maximum Gasteiger partial charge on any atom is 0.224 e. The fraction of sp³-hybridized carbons (Fsp3) is 0.400. The molecule has 2 saturated heterocycles. The number of aliphatic hydroxyl groups excluding tert-OH is 1. The summed E-state index contributed by atoms with van der Waals surface area (Å²) in [5.74, 6) is 1.06. The number of anilines is 4. The molecular formula is C20H22Br2N8O. The molecule has 2 fully saturated rings. The number of hydrogen-bond donors (Lipinski definition) is 4. The molecule has 3 atom stereocenters. The summed E-state index contributed by atoms with van der Waals surface area (Å²) in [6.45, 7) is 0. The number of nitrogens with two attached hydrogens (primary N) is 1. The zero-order chi connectivity index (χ0) is 21.8. The van der Waals surface area contributed by atoms with Gasteiger partial charge in [0, 0.05) is 27.1 Å². The topological polar surface area (TPSA) is 125 Å². The van der Waals surface area contributed by atoms with Gasteiger partial charge in [0.1, 0.15) is 17.4 Å². The molecule has 2 aliphatic heterocycles. The lowest BCUT2D eigenvalue weighted by molar-refractivity contribution is 0.00983. The van der Waals surface area contributed by atoms with Gasteiger partial charge in [0.15, 0.2) is 5.82 Å². The zero-order valence-corrected chi connectivity index (χ0v) is 20.0. The van der Waals surface area contributed by atoms with Crippen LogP contribution in [0.4, 0.5) is 23.1 Å². The third kappa shape index (κ3) is 3.73. The van der Waals surface area contributed by atoms with Crippen molar-refractivity contribution in [1.29, 1.82) is 0 Å². The molecule has 0 spiro atoms. The summed E-state index contributed by atoms with van der Waals surface area (Å²) in [4.78, 5) is 20.2. The van der Waals surface area contributed by atoms with Crippen LogP contribution in [0.2, 0.25) is 0 Å². The third-order valence-electron chi connectivity index (χ3n) is 6.30. The zero-order valence-electron chi connectivity index (χ0n) is 16.8. The van der Waals surface area contributed by atoms with Gasteiger partial charge in [-0.2, -0.15) is 0 Å². The van der Waals surface area contributed by atoms with Crippen molar-refractivity contribution in [3.05, 3.63) is 33.6 Å². The number of nitrogens with zero attached hydrogens (tertiary/aromatic N) is 5. The van der Waals surface area contributed by atoms with Crippen LogP contribution < -0.4 is 16.4 Å². The van der Waals surface area contributed by atoms with Crippen LogP contribution in [0.3, 0.4) is 0 Å². The first-order valence-electron chi connectivity index (χ1n) is 10.0. The SMILES string of the molecule is CN1C2CCC1(Nc1ncc3ncnc(Nc4cc(Br)c(N)c(Br)c4)c3n1)CC(O)C2. The minimum absolute atomic E-state index is 0.320. The second kappa shape index (κ2) is 7.80. The molecule has 0 radical (unpaired) electrons. The predicted octanol–water partition coefficient (Wildman–Crippen LogP) is 3.63. The second-order valence-corrected chi connectivity index (χ2v) is 9.89. The van der Waals surface area contributed by atoms with Crippen LogP contribution in [0, 0.1) is 0 Å². The van der Waals surface area contributed by atoms with E-state index in [1.54, 1.807) is 6.20 Å². The smallest absolute Gasteiger partial charge is 0.224 e. The number of piperidine rings is 1. The van der Waals surface area contributed by atoms with Crippen molar-refractivity contribution < 1.29 is 5.11 Å². The fourth-order valence-electron chi connectivity index (χ4n) is 4.64. The molecule has 5 N–H and O–H groups in total. The predicted molar refractivity (Wildman–Crippen MR) is 127 cm³/mol. The van der Waals surface area contributed by atoms with Gasteiger partial charge in [0.05, 0.1) is 23.7 Å². The van der Waals surface area contributed by atoms with E-state index in [0.29, 0.717) is 40.9 Å². The van der Waals surface area contributed by atoms with Gasteiger partial charge in [-0.1, -0.05) is 0 Å². The normalized spacial score (nSPS) is 25.7. The Balaban J connectivity index is 1.49. The average Bonchev–Trinajstić information content (AvgIpc) is 2.91. The molecule has 1 aromatic carbocycles. The summed E-state index contributed by atoms with van der Waals surface area (Å²) in [7, 11) is 2.10. The van der Waals surface area contributed by atoms with Crippen LogP contribution >= 0.6 is 31.9 Å². The first-order chi connectivity index (χ1) is 14.8. The minimum atomic E-state index is -0.341. The van der Waals surface area contributed by atoms with Crippen molar-refractivity contribution in [2.45, 2.75) is 43.5 Å². The van der Waals surface area contributed by atoms with E-state index in [9.17, 15) is 5.11 Å². The molecule has 5 rings (SSSR count). The van der Waals surface area contributed by atoms with E-state index in [2.05, 4.69) is 69.4 Å². The first kappa shape index (κ1) is 20.8.